The van der Waals surface area contributed by atoms with Crippen molar-refractivity contribution in [3.8, 4) is 0 Å². The van der Waals surface area contributed by atoms with Gasteiger partial charge < -0.3 is 16.0 Å². The highest BCUT2D eigenvalue weighted by atomic mass is 32.2. The van der Waals surface area contributed by atoms with Gasteiger partial charge in [0.15, 0.2) is 0 Å². The highest BCUT2D eigenvalue weighted by molar-refractivity contribution is 7.89. The molecule has 0 radical (unpaired) electrons. The van der Waals surface area contributed by atoms with Crippen LogP contribution in [-0.4, -0.2) is 51.7 Å². The Morgan fingerprint density at radius 3 is 2.37 bits per heavy atom. The highest BCUT2D eigenvalue weighted by Crippen LogP contribution is 2.30. The zero-order chi connectivity index (χ0) is 21.9. The first kappa shape index (κ1) is 21.8. The summed E-state index contributed by atoms with van der Waals surface area (Å²) in [4.78, 5) is 26.4. The van der Waals surface area contributed by atoms with Gasteiger partial charge in [0.1, 0.15) is 0 Å². The zero-order valence-corrected chi connectivity index (χ0v) is 17.9. The van der Waals surface area contributed by atoms with Crippen LogP contribution in [0.5, 0.6) is 0 Å². The van der Waals surface area contributed by atoms with E-state index in [0.717, 1.165) is 9.99 Å². The summed E-state index contributed by atoms with van der Waals surface area (Å²) in [5.41, 5.74) is 7.14. The minimum atomic E-state index is -3.64. The lowest BCUT2D eigenvalue weighted by Crippen LogP contribution is -2.38. The molecular weight excluding hydrogens is 404 g/mol. The van der Waals surface area contributed by atoms with Crippen LogP contribution >= 0.6 is 0 Å². The summed E-state index contributed by atoms with van der Waals surface area (Å²) in [7, 11) is -0.748. The number of primary amides is 1. The van der Waals surface area contributed by atoms with E-state index < -0.39 is 15.9 Å². The largest absolute Gasteiger partial charge is 0.370 e. The maximum absolute atomic E-state index is 12.8. The van der Waals surface area contributed by atoms with E-state index in [2.05, 4.69) is 10.2 Å². The second kappa shape index (κ2) is 8.85. The Morgan fingerprint density at radius 1 is 1.07 bits per heavy atom. The van der Waals surface area contributed by atoms with Gasteiger partial charge in [-0.3, -0.25) is 9.59 Å². The molecule has 0 saturated carbocycles. The predicted octanol–water partition coefficient (Wildman–Crippen LogP) is 1.89. The quantitative estimate of drug-likeness (QED) is 0.727. The molecule has 0 unspecified atom stereocenters. The molecule has 1 fully saturated rings. The number of nitrogens with two attached hydrogens (primary N) is 1. The standard InChI is InChI=1S/C21H26N4O4S/c1-24(2)30(28,29)17-7-5-6-16(14-17)21(27)23-18-8-3-4-9-19(18)25-12-10-15(11-13-25)20(22)26/h3-9,14-15H,10-13H2,1-2H3,(H2,22,26)(H,23,27). The zero-order valence-electron chi connectivity index (χ0n) is 17.0. The predicted molar refractivity (Wildman–Crippen MR) is 116 cm³/mol. The van der Waals surface area contributed by atoms with Crippen LogP contribution in [-0.2, 0) is 14.8 Å². The van der Waals surface area contributed by atoms with E-state index in [-0.39, 0.29) is 22.3 Å². The molecule has 0 spiro atoms. The topological polar surface area (TPSA) is 113 Å². The first-order valence-corrected chi connectivity index (χ1v) is 11.1. The second-order valence-electron chi connectivity index (χ2n) is 7.45. The number of carbonyl (C=O) groups excluding carboxylic acids is 2. The number of piperidine rings is 1. The van der Waals surface area contributed by atoms with Crippen LogP contribution in [0.4, 0.5) is 11.4 Å². The Bertz CT molecular complexity index is 1040. The summed E-state index contributed by atoms with van der Waals surface area (Å²) in [5.74, 6) is -0.793. The molecule has 2 aromatic rings. The van der Waals surface area contributed by atoms with Crippen LogP contribution in [0.25, 0.3) is 0 Å². The van der Waals surface area contributed by atoms with Crippen LogP contribution in [0, 0.1) is 5.92 Å². The fraction of sp³-hybridized carbons (Fsp3) is 0.333. The van der Waals surface area contributed by atoms with Gasteiger partial charge in [-0.2, -0.15) is 0 Å². The lowest BCUT2D eigenvalue weighted by molar-refractivity contribution is -0.122. The summed E-state index contributed by atoms with van der Waals surface area (Å²) in [5, 5.41) is 2.89. The number of carbonyl (C=O) groups is 2. The number of nitrogens with one attached hydrogen (secondary N) is 1. The molecule has 2 amide bonds. The number of rotatable bonds is 6. The van der Waals surface area contributed by atoms with Crippen LogP contribution < -0.4 is 16.0 Å². The number of hydrogen-bond acceptors (Lipinski definition) is 5. The number of nitrogens with zero attached hydrogens (tertiary/aromatic N) is 2. The Labute approximate surface area is 176 Å². The van der Waals surface area contributed by atoms with Gasteiger partial charge in [-0.1, -0.05) is 18.2 Å². The maximum Gasteiger partial charge on any atom is 0.255 e. The molecule has 3 N–H and O–H groups in total. The van der Waals surface area contributed by atoms with E-state index >= 15 is 0 Å². The molecule has 1 saturated heterocycles. The van der Waals surface area contributed by atoms with E-state index in [1.54, 1.807) is 18.2 Å². The lowest BCUT2D eigenvalue weighted by Gasteiger charge is -2.33. The van der Waals surface area contributed by atoms with Crippen molar-refractivity contribution >= 4 is 33.2 Å². The molecule has 0 aliphatic carbocycles. The van der Waals surface area contributed by atoms with Gasteiger partial charge >= 0.3 is 0 Å². The number of benzene rings is 2. The molecule has 8 nitrogen and oxygen atoms in total. The third-order valence-corrected chi connectivity index (χ3v) is 7.08. The Morgan fingerprint density at radius 2 is 1.73 bits per heavy atom. The SMILES string of the molecule is CN(C)S(=O)(=O)c1cccc(C(=O)Nc2ccccc2N2CCC(C(N)=O)CC2)c1. The molecule has 0 atom stereocenters. The van der Waals surface area contributed by atoms with Crippen LogP contribution in [0.3, 0.4) is 0 Å². The van der Waals surface area contributed by atoms with Crippen molar-refractivity contribution < 1.29 is 18.0 Å². The van der Waals surface area contributed by atoms with Crippen molar-refractivity contribution in [1.29, 1.82) is 0 Å². The van der Waals surface area contributed by atoms with Gasteiger partial charge in [0.2, 0.25) is 15.9 Å². The fourth-order valence-electron chi connectivity index (χ4n) is 3.46. The number of para-hydroxylation sites is 2. The van der Waals surface area contributed by atoms with Gasteiger partial charge in [-0.25, -0.2) is 12.7 Å². The monoisotopic (exact) mass is 430 g/mol. The molecule has 3 rings (SSSR count). The van der Waals surface area contributed by atoms with Crippen molar-refractivity contribution in [3.63, 3.8) is 0 Å². The number of amides is 2. The Hall–Kier alpha value is -2.91. The second-order valence-corrected chi connectivity index (χ2v) is 9.60. The molecule has 160 valence electrons. The van der Waals surface area contributed by atoms with E-state index in [9.17, 15) is 18.0 Å². The molecule has 1 aliphatic rings. The summed E-state index contributed by atoms with van der Waals surface area (Å²) in [6.45, 7) is 1.33. The van der Waals surface area contributed by atoms with Crippen molar-refractivity contribution in [3.05, 3.63) is 54.1 Å². The summed E-state index contributed by atoms with van der Waals surface area (Å²) >= 11 is 0. The fourth-order valence-corrected chi connectivity index (χ4v) is 4.41. The van der Waals surface area contributed by atoms with Crippen LogP contribution in [0.1, 0.15) is 23.2 Å². The van der Waals surface area contributed by atoms with Gasteiger partial charge in [-0.05, 0) is 43.2 Å². The molecule has 0 aromatic heterocycles. The average Bonchev–Trinajstić information content (AvgIpc) is 2.74. The van der Waals surface area contributed by atoms with Gasteiger partial charge in [0.05, 0.1) is 16.3 Å². The molecule has 30 heavy (non-hydrogen) atoms. The molecule has 2 aromatic carbocycles. The number of sulfonamides is 1. The molecule has 0 bridgehead atoms. The Balaban J connectivity index is 1.80. The van der Waals surface area contributed by atoms with Crippen molar-refractivity contribution in [2.24, 2.45) is 11.7 Å². The summed E-state index contributed by atoms with van der Waals surface area (Å²) < 4.78 is 25.8. The molecule has 1 aliphatic heterocycles. The van der Waals surface area contributed by atoms with E-state index in [0.29, 0.717) is 31.6 Å². The van der Waals surface area contributed by atoms with Crippen molar-refractivity contribution in [2.45, 2.75) is 17.7 Å². The van der Waals surface area contributed by atoms with Crippen LogP contribution in [0.15, 0.2) is 53.4 Å². The Kier molecular flexibility index (Phi) is 6.42. The minimum absolute atomic E-state index is 0.0574. The van der Waals surface area contributed by atoms with Gasteiger partial charge in [0, 0.05) is 38.7 Å². The van der Waals surface area contributed by atoms with E-state index in [1.165, 1.54) is 26.2 Å². The average molecular weight is 431 g/mol. The third kappa shape index (κ3) is 4.63. The van der Waals surface area contributed by atoms with E-state index in [4.69, 9.17) is 5.73 Å². The normalized spacial score (nSPS) is 15.2. The number of anilines is 2. The first-order valence-electron chi connectivity index (χ1n) is 9.67. The maximum atomic E-state index is 12.8. The van der Waals surface area contributed by atoms with Crippen molar-refractivity contribution in [1.82, 2.24) is 4.31 Å². The molecular formula is C21H26N4O4S. The summed E-state index contributed by atoms with van der Waals surface area (Å²) in [6.07, 6.45) is 1.34. The van der Waals surface area contributed by atoms with E-state index in [1.807, 2.05) is 18.2 Å². The van der Waals surface area contributed by atoms with Crippen molar-refractivity contribution in [2.75, 3.05) is 37.4 Å². The number of hydrogen-bond donors (Lipinski definition) is 2. The molecule has 9 heteroatoms. The minimum Gasteiger partial charge on any atom is -0.370 e. The molecule has 1 heterocycles. The van der Waals surface area contributed by atoms with Gasteiger partial charge in [0.25, 0.3) is 5.91 Å². The smallest absolute Gasteiger partial charge is 0.255 e. The summed E-state index contributed by atoms with van der Waals surface area (Å²) in [6, 6.07) is 13.4. The highest BCUT2D eigenvalue weighted by Gasteiger charge is 2.25. The lowest BCUT2D eigenvalue weighted by atomic mass is 9.96. The third-order valence-electron chi connectivity index (χ3n) is 5.27. The van der Waals surface area contributed by atoms with Crippen LogP contribution in [0.2, 0.25) is 0 Å². The van der Waals surface area contributed by atoms with Gasteiger partial charge in [-0.15, -0.1) is 0 Å². The first-order chi connectivity index (χ1) is 14.2.